The van der Waals surface area contributed by atoms with Crippen LogP contribution in [0.5, 0.6) is 0 Å². The van der Waals surface area contributed by atoms with Crippen molar-refractivity contribution >= 4 is 5.97 Å². The Balaban J connectivity index is 1.33. The number of carbonyl (C=O) groups excluding carboxylic acids is 1. The Kier molecular flexibility index (Phi) is 9.68. The first-order valence-electron chi connectivity index (χ1n) is 12.4. The highest BCUT2D eigenvalue weighted by Gasteiger charge is 2.44. The summed E-state index contributed by atoms with van der Waals surface area (Å²) in [6.07, 6.45) is 13.3. The van der Waals surface area contributed by atoms with Gasteiger partial charge in [0.15, 0.2) is 5.82 Å². The van der Waals surface area contributed by atoms with E-state index in [2.05, 4.69) is 32.9 Å². The van der Waals surface area contributed by atoms with E-state index in [0.717, 1.165) is 25.8 Å². The predicted molar refractivity (Wildman–Crippen MR) is 117 cm³/mol. The number of ether oxygens (including phenoxy) is 1. The highest BCUT2D eigenvalue weighted by Crippen LogP contribution is 2.44. The van der Waals surface area contributed by atoms with Crippen molar-refractivity contribution in [1.29, 1.82) is 0 Å². The number of aromatic nitrogens is 4. The van der Waals surface area contributed by atoms with Gasteiger partial charge in [0.25, 0.3) is 0 Å². The number of tetrazole rings is 1. The van der Waals surface area contributed by atoms with E-state index in [1.165, 1.54) is 38.5 Å². The fourth-order valence-corrected chi connectivity index (χ4v) is 5.18. The number of alkyl halides is 1. The molecule has 2 fully saturated rings. The number of nitrogens with one attached hydrogen (secondary N) is 2. The van der Waals surface area contributed by atoms with Crippen LogP contribution in [-0.2, 0) is 16.0 Å². The maximum atomic E-state index is 15.5. The highest BCUT2D eigenvalue weighted by molar-refractivity contribution is 5.75. The van der Waals surface area contributed by atoms with Crippen LogP contribution in [0.15, 0.2) is 0 Å². The number of aryl methyl sites for hydroxylation is 1. The van der Waals surface area contributed by atoms with Crippen molar-refractivity contribution < 1.29 is 13.9 Å². The number of halogens is 1. The van der Waals surface area contributed by atoms with E-state index in [1.54, 1.807) is 0 Å². The molecule has 0 aromatic carbocycles. The summed E-state index contributed by atoms with van der Waals surface area (Å²) in [4.78, 5) is 12.5. The molecule has 4 atom stereocenters. The highest BCUT2D eigenvalue weighted by atomic mass is 19.1. The van der Waals surface area contributed by atoms with Gasteiger partial charge in [0.05, 0.1) is 6.61 Å². The van der Waals surface area contributed by atoms with Gasteiger partial charge in [0.2, 0.25) is 0 Å². The fraction of sp³-hybridized carbons (Fsp3) is 0.913. The van der Waals surface area contributed by atoms with Crippen LogP contribution in [-0.4, -0.2) is 51.5 Å². The van der Waals surface area contributed by atoms with Gasteiger partial charge in [-0.1, -0.05) is 57.1 Å². The molecule has 1 aliphatic heterocycles. The number of esters is 1. The Bertz CT molecular complexity index is 644. The largest absolute Gasteiger partial charge is 0.465 e. The second kappa shape index (κ2) is 12.5. The molecule has 8 heteroatoms. The molecule has 176 valence electrons. The molecule has 0 bridgehead atoms. The van der Waals surface area contributed by atoms with Crippen LogP contribution in [0.25, 0.3) is 0 Å². The summed E-state index contributed by atoms with van der Waals surface area (Å²) in [5.41, 5.74) is -1.20. The zero-order chi connectivity index (χ0) is 21.9. The quantitative estimate of drug-likeness (QED) is 0.353. The topological polar surface area (TPSA) is 92.8 Å². The van der Waals surface area contributed by atoms with Gasteiger partial charge in [-0.3, -0.25) is 4.79 Å². The lowest BCUT2D eigenvalue weighted by Gasteiger charge is -2.44. The third-order valence-electron chi connectivity index (χ3n) is 7.14. The van der Waals surface area contributed by atoms with Gasteiger partial charge in [0, 0.05) is 6.42 Å². The molecule has 2 N–H and O–H groups in total. The van der Waals surface area contributed by atoms with Crippen LogP contribution >= 0.6 is 0 Å². The molecule has 3 rings (SSSR count). The lowest BCUT2D eigenvalue weighted by molar-refractivity contribution is -0.148. The van der Waals surface area contributed by atoms with Gasteiger partial charge in [-0.15, -0.1) is 10.2 Å². The van der Waals surface area contributed by atoms with Crippen molar-refractivity contribution in [1.82, 2.24) is 25.9 Å². The summed E-state index contributed by atoms with van der Waals surface area (Å²) in [6.45, 7) is 3.51. The molecule has 1 aromatic heterocycles. The van der Waals surface area contributed by atoms with Crippen molar-refractivity contribution in [2.24, 2.45) is 11.8 Å². The van der Waals surface area contributed by atoms with Crippen molar-refractivity contribution in [2.75, 3.05) is 13.2 Å². The van der Waals surface area contributed by atoms with E-state index in [1.807, 2.05) is 0 Å². The summed E-state index contributed by atoms with van der Waals surface area (Å²) in [7, 11) is 0. The van der Waals surface area contributed by atoms with Crippen LogP contribution < -0.4 is 5.32 Å². The van der Waals surface area contributed by atoms with Gasteiger partial charge < -0.3 is 10.1 Å². The number of H-pyrrole nitrogens is 1. The minimum Gasteiger partial charge on any atom is -0.465 e. The molecule has 1 aliphatic carbocycles. The summed E-state index contributed by atoms with van der Waals surface area (Å²) < 4.78 is 21.0. The van der Waals surface area contributed by atoms with E-state index in [0.29, 0.717) is 50.5 Å². The van der Waals surface area contributed by atoms with Crippen LogP contribution in [0.3, 0.4) is 0 Å². The smallest absolute Gasteiger partial charge is 0.323 e. The van der Waals surface area contributed by atoms with E-state index in [-0.39, 0.29) is 17.9 Å². The lowest BCUT2D eigenvalue weighted by atomic mass is 9.67. The minimum atomic E-state index is -1.20. The number of nitrogens with zero attached hydrogens (tertiary/aromatic N) is 3. The third-order valence-corrected chi connectivity index (χ3v) is 7.14. The second-order valence-corrected chi connectivity index (χ2v) is 9.58. The standard InChI is InChI=1S/C23H40FN5O2/c1-2-3-4-5-6-7-8-9-14-31-22(30)20-15-19-16-23(24,12-10-18(19)17-25-20)13-11-21-26-28-29-27-21/h18-20,25H,2-17H2,1H3,(H,26,27,28,29)/t18-,19-,20-,23-/m0/s1. The number of piperidine rings is 1. The zero-order valence-electron chi connectivity index (χ0n) is 19.1. The number of unbranched alkanes of at least 4 members (excludes halogenated alkanes) is 7. The number of hydrogen-bond acceptors (Lipinski definition) is 6. The Morgan fingerprint density at radius 3 is 2.68 bits per heavy atom. The van der Waals surface area contributed by atoms with Crippen LogP contribution in [0.4, 0.5) is 4.39 Å². The molecule has 1 saturated heterocycles. The van der Waals surface area contributed by atoms with Crippen molar-refractivity contribution in [3.63, 3.8) is 0 Å². The summed E-state index contributed by atoms with van der Waals surface area (Å²) in [5, 5.41) is 17.2. The first kappa shape index (κ1) is 24.1. The average Bonchev–Trinajstić information content (AvgIpc) is 3.30. The Morgan fingerprint density at radius 2 is 1.94 bits per heavy atom. The van der Waals surface area contributed by atoms with E-state index in [9.17, 15) is 4.79 Å². The van der Waals surface area contributed by atoms with Gasteiger partial charge in [-0.05, 0) is 56.9 Å². The molecule has 0 spiro atoms. The third kappa shape index (κ3) is 7.81. The van der Waals surface area contributed by atoms with Crippen molar-refractivity contribution in [2.45, 2.75) is 109 Å². The fourth-order valence-electron chi connectivity index (χ4n) is 5.18. The van der Waals surface area contributed by atoms with Gasteiger partial charge in [-0.25, -0.2) is 4.39 Å². The molecule has 0 radical (unpaired) electrons. The van der Waals surface area contributed by atoms with E-state index < -0.39 is 5.67 Å². The molecule has 31 heavy (non-hydrogen) atoms. The first-order valence-corrected chi connectivity index (χ1v) is 12.4. The monoisotopic (exact) mass is 437 g/mol. The van der Waals surface area contributed by atoms with Crippen LogP contribution in [0.1, 0.15) is 96.2 Å². The molecule has 0 unspecified atom stereocenters. The van der Waals surface area contributed by atoms with Crippen LogP contribution in [0, 0.1) is 11.8 Å². The Morgan fingerprint density at radius 1 is 1.16 bits per heavy atom. The number of carbonyl (C=O) groups is 1. The summed E-state index contributed by atoms with van der Waals surface area (Å²) >= 11 is 0. The van der Waals surface area contributed by atoms with Crippen molar-refractivity contribution in [3.05, 3.63) is 5.82 Å². The number of rotatable bonds is 13. The Hall–Kier alpha value is -1.57. The van der Waals surface area contributed by atoms with Gasteiger partial charge in [0.1, 0.15) is 11.7 Å². The van der Waals surface area contributed by atoms with E-state index in [4.69, 9.17) is 4.74 Å². The molecular weight excluding hydrogens is 397 g/mol. The summed E-state index contributed by atoms with van der Waals surface area (Å²) in [6, 6.07) is -0.296. The first-order chi connectivity index (χ1) is 15.1. The molecule has 2 heterocycles. The molecule has 0 amide bonds. The van der Waals surface area contributed by atoms with Gasteiger partial charge in [-0.2, -0.15) is 5.21 Å². The molecule has 1 saturated carbocycles. The second-order valence-electron chi connectivity index (χ2n) is 9.58. The summed E-state index contributed by atoms with van der Waals surface area (Å²) in [5.74, 6) is 1.08. The normalized spacial score (nSPS) is 28.3. The Labute approximate surface area is 185 Å². The molecule has 1 aromatic rings. The SMILES string of the molecule is CCCCCCCCCCOC(=O)[C@@H]1C[C@H]2C[C@@](F)(CCc3nn[nH]n3)CC[C@H]2CN1. The maximum Gasteiger partial charge on any atom is 0.323 e. The van der Waals surface area contributed by atoms with Crippen LogP contribution in [0.2, 0.25) is 0 Å². The number of aromatic amines is 1. The predicted octanol–water partition coefficient (Wildman–Crippen LogP) is 4.30. The lowest BCUT2D eigenvalue weighted by Crippen LogP contribution is -2.52. The maximum absolute atomic E-state index is 15.5. The minimum absolute atomic E-state index is 0.164. The van der Waals surface area contributed by atoms with Crippen molar-refractivity contribution in [3.8, 4) is 0 Å². The number of fused-ring (bicyclic) bond motifs is 1. The molecule has 7 nitrogen and oxygen atoms in total. The molecular formula is C23H40FN5O2. The molecule has 2 aliphatic rings. The average molecular weight is 438 g/mol. The zero-order valence-corrected chi connectivity index (χ0v) is 19.1. The number of hydrogen-bond donors (Lipinski definition) is 2. The van der Waals surface area contributed by atoms with Gasteiger partial charge >= 0.3 is 5.97 Å². The van der Waals surface area contributed by atoms with E-state index >= 15 is 4.39 Å².